The van der Waals surface area contributed by atoms with Gasteiger partial charge in [-0.1, -0.05) is 0 Å². The third kappa shape index (κ3) is 4.24. The summed E-state index contributed by atoms with van der Waals surface area (Å²) in [7, 11) is 1.57. The topological polar surface area (TPSA) is 84.9 Å². The Morgan fingerprint density at radius 2 is 1.59 bits per heavy atom. The zero-order valence-corrected chi connectivity index (χ0v) is 11.9. The molecule has 22 heavy (non-hydrogen) atoms. The highest BCUT2D eigenvalue weighted by atomic mass is 16.5. The van der Waals surface area contributed by atoms with Crippen molar-refractivity contribution in [2.24, 2.45) is 0 Å². The van der Waals surface area contributed by atoms with Gasteiger partial charge in [0.15, 0.2) is 6.61 Å². The van der Waals surface area contributed by atoms with E-state index in [2.05, 4.69) is 5.32 Å². The molecule has 0 heterocycles. The van der Waals surface area contributed by atoms with E-state index < -0.39 is 12.6 Å². The van der Waals surface area contributed by atoms with E-state index in [1.165, 1.54) is 0 Å². The molecule has 2 aromatic rings. The number of ether oxygens (including phenoxy) is 2. The largest absolute Gasteiger partial charge is 0.497 e. The van der Waals surface area contributed by atoms with E-state index in [9.17, 15) is 9.59 Å². The van der Waals surface area contributed by atoms with E-state index in [0.717, 1.165) is 0 Å². The van der Waals surface area contributed by atoms with Crippen molar-refractivity contribution in [2.45, 2.75) is 0 Å². The van der Waals surface area contributed by atoms with Crippen LogP contribution in [-0.2, 0) is 4.79 Å². The monoisotopic (exact) mass is 301 g/mol. The van der Waals surface area contributed by atoms with E-state index in [1.54, 1.807) is 55.6 Å². The summed E-state index contributed by atoms with van der Waals surface area (Å²) < 4.78 is 10.0. The van der Waals surface area contributed by atoms with E-state index in [-0.39, 0.29) is 5.91 Å². The predicted molar refractivity (Wildman–Crippen MR) is 80.5 cm³/mol. The molecule has 0 radical (unpaired) electrons. The molecule has 6 heteroatoms. The summed E-state index contributed by atoms with van der Waals surface area (Å²) in [4.78, 5) is 22.5. The summed E-state index contributed by atoms with van der Waals surface area (Å²) in [6, 6.07) is 13.2. The fraction of sp³-hybridized carbons (Fsp3) is 0.125. The van der Waals surface area contributed by atoms with Gasteiger partial charge in [0.05, 0.1) is 7.11 Å². The summed E-state index contributed by atoms with van der Waals surface area (Å²) in [5.41, 5.74) is 1.09. The summed E-state index contributed by atoms with van der Waals surface area (Å²) in [5, 5.41) is 11.3. The number of carboxylic acids is 1. The zero-order chi connectivity index (χ0) is 15.9. The summed E-state index contributed by atoms with van der Waals surface area (Å²) in [6.07, 6.45) is 0. The number of methoxy groups -OCH3 is 1. The molecule has 0 saturated carbocycles. The predicted octanol–water partition coefficient (Wildman–Crippen LogP) is 2.41. The van der Waals surface area contributed by atoms with Gasteiger partial charge in [0.2, 0.25) is 0 Å². The summed E-state index contributed by atoms with van der Waals surface area (Å²) in [6.45, 7) is -0.419. The van der Waals surface area contributed by atoms with Crippen molar-refractivity contribution >= 4 is 17.6 Å². The first-order chi connectivity index (χ1) is 10.6. The minimum atomic E-state index is -1.05. The lowest BCUT2D eigenvalue weighted by Gasteiger charge is -2.07. The first-order valence-electron chi connectivity index (χ1n) is 6.48. The Morgan fingerprint density at radius 1 is 1.00 bits per heavy atom. The Labute approximate surface area is 127 Å². The smallest absolute Gasteiger partial charge is 0.341 e. The van der Waals surface area contributed by atoms with Crippen LogP contribution in [-0.4, -0.2) is 30.7 Å². The summed E-state index contributed by atoms with van der Waals surface area (Å²) in [5.74, 6) is -0.224. The highest BCUT2D eigenvalue weighted by molar-refractivity contribution is 6.04. The maximum atomic E-state index is 12.1. The molecule has 0 aliphatic heterocycles. The molecule has 0 spiro atoms. The third-order valence-electron chi connectivity index (χ3n) is 2.83. The zero-order valence-electron chi connectivity index (χ0n) is 11.9. The fourth-order valence-electron chi connectivity index (χ4n) is 1.73. The lowest BCUT2D eigenvalue weighted by molar-refractivity contribution is -0.139. The second-order valence-corrected chi connectivity index (χ2v) is 4.39. The van der Waals surface area contributed by atoms with E-state index >= 15 is 0 Å². The number of aliphatic carboxylic acids is 1. The second kappa shape index (κ2) is 7.12. The normalized spacial score (nSPS) is 9.86. The number of benzene rings is 2. The molecule has 6 nitrogen and oxygen atoms in total. The number of amides is 1. The molecule has 0 unspecified atom stereocenters. The van der Waals surface area contributed by atoms with Crippen LogP contribution in [0.5, 0.6) is 11.5 Å². The van der Waals surface area contributed by atoms with Crippen molar-refractivity contribution in [1.29, 1.82) is 0 Å². The van der Waals surface area contributed by atoms with Gasteiger partial charge in [-0.2, -0.15) is 0 Å². The number of anilines is 1. The van der Waals surface area contributed by atoms with Crippen LogP contribution in [0, 0.1) is 0 Å². The molecule has 2 aromatic carbocycles. The van der Waals surface area contributed by atoms with Gasteiger partial charge in [0, 0.05) is 11.3 Å². The Kier molecular flexibility index (Phi) is 4.98. The van der Waals surface area contributed by atoms with Crippen molar-refractivity contribution in [1.82, 2.24) is 0 Å². The molecule has 2 rings (SSSR count). The number of carbonyl (C=O) groups excluding carboxylic acids is 1. The first-order valence-corrected chi connectivity index (χ1v) is 6.48. The van der Waals surface area contributed by atoms with Gasteiger partial charge in [-0.3, -0.25) is 4.79 Å². The number of carbonyl (C=O) groups is 2. The molecular formula is C16H15NO5. The van der Waals surface area contributed by atoms with Crippen molar-refractivity contribution in [3.63, 3.8) is 0 Å². The first kappa shape index (κ1) is 15.4. The quantitative estimate of drug-likeness (QED) is 0.856. The second-order valence-electron chi connectivity index (χ2n) is 4.39. The lowest BCUT2D eigenvalue weighted by Crippen LogP contribution is -2.12. The van der Waals surface area contributed by atoms with Crippen LogP contribution in [0.15, 0.2) is 48.5 Å². The molecule has 0 aliphatic carbocycles. The van der Waals surface area contributed by atoms with Crippen LogP contribution in [0.2, 0.25) is 0 Å². The minimum Gasteiger partial charge on any atom is -0.497 e. The molecule has 1 amide bonds. The van der Waals surface area contributed by atoms with Gasteiger partial charge in [0.1, 0.15) is 11.5 Å². The van der Waals surface area contributed by atoms with Gasteiger partial charge < -0.3 is 19.9 Å². The van der Waals surface area contributed by atoms with Gasteiger partial charge in [-0.25, -0.2) is 4.79 Å². The Hall–Kier alpha value is -3.02. The highest BCUT2D eigenvalue weighted by Gasteiger charge is 2.07. The van der Waals surface area contributed by atoms with Crippen LogP contribution in [0.3, 0.4) is 0 Å². The van der Waals surface area contributed by atoms with Crippen LogP contribution >= 0.6 is 0 Å². The molecule has 2 N–H and O–H groups in total. The standard InChI is InChI=1S/C16H15NO5/c1-21-13-8-4-12(5-9-13)17-16(20)11-2-6-14(7-3-11)22-10-15(18)19/h2-9H,10H2,1H3,(H,17,20)(H,18,19). The van der Waals surface area contributed by atoms with Crippen LogP contribution in [0.25, 0.3) is 0 Å². The molecular weight excluding hydrogens is 286 g/mol. The third-order valence-corrected chi connectivity index (χ3v) is 2.83. The van der Waals surface area contributed by atoms with E-state index in [4.69, 9.17) is 14.6 Å². The van der Waals surface area contributed by atoms with E-state index in [1.807, 2.05) is 0 Å². The SMILES string of the molecule is COc1ccc(NC(=O)c2ccc(OCC(=O)O)cc2)cc1. The average molecular weight is 301 g/mol. The van der Waals surface area contributed by atoms with Gasteiger partial charge >= 0.3 is 5.97 Å². The number of hydrogen-bond donors (Lipinski definition) is 2. The highest BCUT2D eigenvalue weighted by Crippen LogP contribution is 2.17. The molecule has 0 bridgehead atoms. The van der Waals surface area contributed by atoms with Crippen LogP contribution in [0.4, 0.5) is 5.69 Å². The van der Waals surface area contributed by atoms with Crippen molar-refractivity contribution in [3.8, 4) is 11.5 Å². The molecule has 0 aliphatic rings. The van der Waals surface area contributed by atoms with Crippen LogP contribution in [0.1, 0.15) is 10.4 Å². The Morgan fingerprint density at radius 3 is 2.14 bits per heavy atom. The number of rotatable bonds is 6. The van der Waals surface area contributed by atoms with Gasteiger partial charge in [0.25, 0.3) is 5.91 Å². The van der Waals surface area contributed by atoms with Crippen LogP contribution < -0.4 is 14.8 Å². The van der Waals surface area contributed by atoms with Gasteiger partial charge in [-0.05, 0) is 48.5 Å². The Bertz CT molecular complexity index is 649. The fourth-order valence-corrected chi connectivity index (χ4v) is 1.73. The number of hydrogen-bond acceptors (Lipinski definition) is 4. The van der Waals surface area contributed by atoms with E-state index in [0.29, 0.717) is 22.7 Å². The molecule has 0 aromatic heterocycles. The molecule has 0 atom stereocenters. The lowest BCUT2D eigenvalue weighted by atomic mass is 10.2. The van der Waals surface area contributed by atoms with Gasteiger partial charge in [-0.15, -0.1) is 0 Å². The minimum absolute atomic E-state index is 0.269. The number of nitrogens with one attached hydrogen (secondary N) is 1. The average Bonchev–Trinajstić information content (AvgIpc) is 2.54. The molecule has 0 fully saturated rings. The van der Waals surface area contributed by atoms with Crippen molar-refractivity contribution in [3.05, 3.63) is 54.1 Å². The maximum absolute atomic E-state index is 12.1. The maximum Gasteiger partial charge on any atom is 0.341 e. The van der Waals surface area contributed by atoms with Crippen molar-refractivity contribution < 1.29 is 24.2 Å². The van der Waals surface area contributed by atoms with Crippen molar-refractivity contribution in [2.75, 3.05) is 19.0 Å². The molecule has 0 saturated heterocycles. The molecule has 114 valence electrons. The Balaban J connectivity index is 1.98. The number of carboxylic acid groups (broad SMARTS) is 1. The summed E-state index contributed by atoms with van der Waals surface area (Å²) >= 11 is 0.